The van der Waals surface area contributed by atoms with Crippen molar-refractivity contribution in [2.45, 2.75) is 32.1 Å². The molecule has 3 aromatic heterocycles. The number of benzene rings is 1. The topological polar surface area (TPSA) is 63.9 Å². The highest BCUT2D eigenvalue weighted by Crippen LogP contribution is 2.28. The van der Waals surface area contributed by atoms with E-state index in [4.69, 9.17) is 14.1 Å². The summed E-state index contributed by atoms with van der Waals surface area (Å²) in [5, 5.41) is 0. The maximum atomic E-state index is 6.08. The zero-order valence-corrected chi connectivity index (χ0v) is 15.7. The van der Waals surface area contributed by atoms with Crippen molar-refractivity contribution in [3.05, 3.63) is 54.9 Å². The van der Waals surface area contributed by atoms with E-state index in [0.29, 0.717) is 5.92 Å². The molecule has 1 fully saturated rings. The monoisotopic (exact) mass is 373 g/mol. The van der Waals surface area contributed by atoms with Gasteiger partial charge >= 0.3 is 0 Å². The molecule has 1 aromatic carbocycles. The van der Waals surface area contributed by atoms with E-state index in [2.05, 4.69) is 9.97 Å². The highest BCUT2D eigenvalue weighted by molar-refractivity contribution is 5.80. The lowest BCUT2D eigenvalue weighted by Gasteiger charge is -2.21. The molecule has 0 spiro atoms. The normalized spacial score (nSPS) is 15.1. The van der Waals surface area contributed by atoms with Crippen LogP contribution in [0.1, 0.15) is 32.1 Å². The number of aromatic nitrogens is 3. The van der Waals surface area contributed by atoms with E-state index in [1.807, 2.05) is 42.5 Å². The highest BCUT2D eigenvalue weighted by Gasteiger charge is 2.14. The van der Waals surface area contributed by atoms with Gasteiger partial charge in [-0.1, -0.05) is 31.4 Å². The van der Waals surface area contributed by atoms with Crippen LogP contribution in [0.25, 0.3) is 33.9 Å². The number of imidazole rings is 1. The number of rotatable bonds is 5. The smallest absolute Gasteiger partial charge is 0.157 e. The van der Waals surface area contributed by atoms with Gasteiger partial charge in [-0.3, -0.25) is 0 Å². The van der Waals surface area contributed by atoms with Gasteiger partial charge in [0.15, 0.2) is 5.65 Å². The molecule has 0 atom stereocenters. The lowest BCUT2D eigenvalue weighted by molar-refractivity contribution is 0.209. The Morgan fingerprint density at radius 1 is 1.04 bits per heavy atom. The predicted molar refractivity (Wildman–Crippen MR) is 109 cm³/mol. The van der Waals surface area contributed by atoms with Gasteiger partial charge in [0.25, 0.3) is 0 Å². The first-order chi connectivity index (χ1) is 13.8. The Kier molecular flexibility index (Phi) is 4.57. The van der Waals surface area contributed by atoms with Gasteiger partial charge in [-0.15, -0.1) is 0 Å². The Balaban J connectivity index is 1.37. The summed E-state index contributed by atoms with van der Waals surface area (Å²) in [4.78, 5) is 12.5. The molecule has 0 saturated heterocycles. The first-order valence-corrected chi connectivity index (χ1v) is 9.98. The van der Waals surface area contributed by atoms with E-state index in [1.54, 1.807) is 12.5 Å². The first kappa shape index (κ1) is 17.0. The third kappa shape index (κ3) is 3.52. The second-order valence-corrected chi connectivity index (χ2v) is 7.50. The van der Waals surface area contributed by atoms with Gasteiger partial charge in [-0.05, 0) is 49.1 Å². The number of pyridine rings is 1. The Hall–Kier alpha value is -3.08. The van der Waals surface area contributed by atoms with Gasteiger partial charge in [0.1, 0.15) is 22.9 Å². The van der Waals surface area contributed by atoms with Crippen molar-refractivity contribution in [1.29, 1.82) is 0 Å². The summed E-state index contributed by atoms with van der Waals surface area (Å²) in [7, 11) is 0. The number of hydrogen-bond acceptors (Lipinski definition) is 4. The van der Waals surface area contributed by atoms with Crippen molar-refractivity contribution in [3.8, 4) is 28.5 Å². The largest absolute Gasteiger partial charge is 0.493 e. The number of aromatic amines is 1. The van der Waals surface area contributed by atoms with Crippen LogP contribution >= 0.6 is 0 Å². The van der Waals surface area contributed by atoms with Gasteiger partial charge in [0.2, 0.25) is 0 Å². The number of furan rings is 1. The molecule has 1 aliphatic rings. The second-order valence-electron chi connectivity index (χ2n) is 7.50. The Labute approximate surface area is 163 Å². The van der Waals surface area contributed by atoms with Crippen molar-refractivity contribution in [2.24, 2.45) is 5.92 Å². The van der Waals surface area contributed by atoms with Crippen molar-refractivity contribution < 1.29 is 9.15 Å². The Morgan fingerprint density at radius 2 is 1.96 bits per heavy atom. The van der Waals surface area contributed by atoms with Crippen molar-refractivity contribution >= 4 is 11.2 Å². The third-order valence-electron chi connectivity index (χ3n) is 5.46. The second kappa shape index (κ2) is 7.50. The minimum absolute atomic E-state index is 0.688. The van der Waals surface area contributed by atoms with Crippen LogP contribution in [0.2, 0.25) is 0 Å². The zero-order chi connectivity index (χ0) is 18.8. The van der Waals surface area contributed by atoms with Gasteiger partial charge in [0.05, 0.1) is 12.9 Å². The third-order valence-corrected chi connectivity index (χ3v) is 5.46. The van der Waals surface area contributed by atoms with E-state index in [0.717, 1.165) is 46.2 Å². The summed E-state index contributed by atoms with van der Waals surface area (Å²) in [5.74, 6) is 3.17. The number of hydrogen-bond donors (Lipinski definition) is 1. The molecule has 3 heterocycles. The lowest BCUT2D eigenvalue weighted by atomic mass is 9.90. The number of ether oxygens (including phenoxy) is 1. The predicted octanol–water partition coefficient (Wildman–Crippen LogP) is 5.84. The minimum Gasteiger partial charge on any atom is -0.493 e. The van der Waals surface area contributed by atoms with Gasteiger partial charge in [-0.2, -0.15) is 0 Å². The quantitative estimate of drug-likeness (QED) is 0.477. The summed E-state index contributed by atoms with van der Waals surface area (Å²) in [6, 6.07) is 13.9. The van der Waals surface area contributed by atoms with E-state index in [-0.39, 0.29) is 0 Å². The molecular formula is C23H23N3O2. The molecule has 5 heteroatoms. The molecule has 1 saturated carbocycles. The molecule has 142 valence electrons. The average Bonchev–Trinajstić information content (AvgIpc) is 3.42. The fourth-order valence-corrected chi connectivity index (χ4v) is 3.91. The van der Waals surface area contributed by atoms with Crippen molar-refractivity contribution in [3.63, 3.8) is 0 Å². The number of nitrogens with zero attached hydrogens (tertiary/aromatic N) is 2. The molecule has 5 nitrogen and oxygen atoms in total. The molecule has 28 heavy (non-hydrogen) atoms. The molecule has 1 aliphatic carbocycles. The van der Waals surface area contributed by atoms with Crippen molar-refractivity contribution in [1.82, 2.24) is 15.0 Å². The molecule has 4 aromatic rings. The van der Waals surface area contributed by atoms with E-state index < -0.39 is 0 Å². The summed E-state index contributed by atoms with van der Waals surface area (Å²) in [6.45, 7) is 0.803. The van der Waals surface area contributed by atoms with Crippen LogP contribution in [0.15, 0.2) is 59.3 Å². The molecule has 0 unspecified atom stereocenters. The van der Waals surface area contributed by atoms with Crippen molar-refractivity contribution in [2.75, 3.05) is 6.61 Å². The zero-order valence-electron chi connectivity index (χ0n) is 15.7. The number of fused-ring (bicyclic) bond motifs is 1. The summed E-state index contributed by atoms with van der Waals surface area (Å²) >= 11 is 0. The van der Waals surface area contributed by atoms with Gasteiger partial charge < -0.3 is 14.1 Å². The highest BCUT2D eigenvalue weighted by atomic mass is 16.5. The molecular weight excluding hydrogens is 350 g/mol. The summed E-state index contributed by atoms with van der Waals surface area (Å²) < 4.78 is 11.5. The van der Waals surface area contributed by atoms with Crippen LogP contribution in [0.4, 0.5) is 0 Å². The van der Waals surface area contributed by atoms with Crippen LogP contribution in [-0.4, -0.2) is 21.6 Å². The summed E-state index contributed by atoms with van der Waals surface area (Å²) in [6.07, 6.45) is 10.1. The maximum absolute atomic E-state index is 6.08. The van der Waals surface area contributed by atoms with Crippen LogP contribution in [-0.2, 0) is 0 Å². The molecule has 0 bridgehead atoms. The van der Waals surface area contributed by atoms with Crippen LogP contribution in [0.3, 0.4) is 0 Å². The SMILES string of the molecule is c1cc(OCC2CCCCC2)cc(-c2nc3cc(-c4ccco4)cnc3[nH]2)c1. The molecule has 5 rings (SSSR count). The number of nitrogens with one attached hydrogen (secondary N) is 1. The standard InChI is InChI=1S/C23H23N3O2/c1-2-6-16(7-3-1)15-28-19-9-4-8-17(12-19)22-25-20-13-18(14-24-23(20)26-22)21-10-5-11-27-21/h4-5,8-14,16H,1-3,6-7,15H2,(H,24,25,26). The fourth-order valence-electron chi connectivity index (χ4n) is 3.91. The fraction of sp³-hybridized carbons (Fsp3) is 0.304. The molecule has 1 N–H and O–H groups in total. The maximum Gasteiger partial charge on any atom is 0.157 e. The van der Waals surface area contributed by atoms with E-state index in [9.17, 15) is 0 Å². The number of H-pyrrole nitrogens is 1. The van der Waals surface area contributed by atoms with E-state index >= 15 is 0 Å². The first-order valence-electron chi connectivity index (χ1n) is 9.98. The molecule has 0 radical (unpaired) electrons. The Bertz CT molecular complexity index is 1060. The lowest BCUT2D eigenvalue weighted by Crippen LogP contribution is -2.15. The van der Waals surface area contributed by atoms with Crippen LogP contribution in [0, 0.1) is 5.92 Å². The van der Waals surface area contributed by atoms with Gasteiger partial charge in [0, 0.05) is 17.3 Å². The average molecular weight is 373 g/mol. The van der Waals surface area contributed by atoms with Crippen LogP contribution in [0.5, 0.6) is 5.75 Å². The summed E-state index contributed by atoms with van der Waals surface area (Å²) in [5.41, 5.74) is 3.50. The molecule has 0 aliphatic heterocycles. The van der Waals surface area contributed by atoms with E-state index in [1.165, 1.54) is 32.1 Å². The molecule has 0 amide bonds. The van der Waals surface area contributed by atoms with Gasteiger partial charge in [-0.25, -0.2) is 9.97 Å². The minimum atomic E-state index is 0.688. The Morgan fingerprint density at radius 3 is 2.82 bits per heavy atom. The van der Waals surface area contributed by atoms with Crippen LogP contribution < -0.4 is 4.74 Å².